The standard InChI is InChI=1S/C15H20N2O6/c18-17(19)23-13-10-22-14-12(9-21-15(13)14)16-7-4-8-20-11-5-2-1-3-6-11/h1-3,5-6,12-16H,4,7-10H2/t12-,13-,14+,15+/m0/s1. The molecule has 126 valence electrons. The Morgan fingerprint density at radius 3 is 2.78 bits per heavy atom. The molecule has 2 saturated heterocycles. The fourth-order valence-corrected chi connectivity index (χ4v) is 2.91. The molecule has 2 aliphatic rings. The summed E-state index contributed by atoms with van der Waals surface area (Å²) < 4.78 is 16.8. The number of rotatable bonds is 8. The Morgan fingerprint density at radius 1 is 1.22 bits per heavy atom. The van der Waals surface area contributed by atoms with Gasteiger partial charge in [0.25, 0.3) is 5.09 Å². The van der Waals surface area contributed by atoms with Crippen molar-refractivity contribution in [1.29, 1.82) is 0 Å². The first-order valence-electron chi connectivity index (χ1n) is 7.69. The van der Waals surface area contributed by atoms with Gasteiger partial charge in [-0.3, -0.25) is 0 Å². The van der Waals surface area contributed by atoms with Crippen molar-refractivity contribution in [2.24, 2.45) is 0 Å². The van der Waals surface area contributed by atoms with E-state index in [1.807, 2.05) is 30.3 Å². The lowest BCUT2D eigenvalue weighted by molar-refractivity contribution is -0.769. The van der Waals surface area contributed by atoms with Gasteiger partial charge in [-0.1, -0.05) is 18.2 Å². The third-order valence-electron chi connectivity index (χ3n) is 3.97. The van der Waals surface area contributed by atoms with Crippen molar-refractivity contribution in [3.05, 3.63) is 40.4 Å². The number of ether oxygens (including phenoxy) is 3. The van der Waals surface area contributed by atoms with Crippen LogP contribution < -0.4 is 10.1 Å². The third kappa shape index (κ3) is 4.10. The van der Waals surface area contributed by atoms with E-state index in [0.29, 0.717) is 13.2 Å². The van der Waals surface area contributed by atoms with Crippen molar-refractivity contribution in [2.75, 3.05) is 26.4 Å². The maximum absolute atomic E-state index is 10.4. The summed E-state index contributed by atoms with van der Waals surface area (Å²) in [6.45, 7) is 2.03. The van der Waals surface area contributed by atoms with E-state index in [0.717, 1.165) is 18.7 Å². The molecule has 8 nitrogen and oxygen atoms in total. The fourth-order valence-electron chi connectivity index (χ4n) is 2.91. The molecule has 0 bridgehead atoms. The monoisotopic (exact) mass is 324 g/mol. The SMILES string of the molecule is O=[N+]([O-])O[C@H]1CO[C@H]2[C@@H]1OC[C@@H]2NCCCOc1ccccc1. The molecule has 2 aliphatic heterocycles. The number of nitrogens with one attached hydrogen (secondary N) is 1. The maximum Gasteiger partial charge on any atom is 0.294 e. The maximum atomic E-state index is 10.4. The summed E-state index contributed by atoms with van der Waals surface area (Å²) in [5.74, 6) is 0.857. The molecule has 0 unspecified atom stereocenters. The number of para-hydroxylation sites is 1. The molecule has 0 spiro atoms. The molecular weight excluding hydrogens is 304 g/mol. The lowest BCUT2D eigenvalue weighted by atomic mass is 10.1. The van der Waals surface area contributed by atoms with Gasteiger partial charge in [0.05, 0.1) is 25.9 Å². The Morgan fingerprint density at radius 2 is 2.00 bits per heavy atom. The minimum atomic E-state index is -0.790. The number of hydrogen-bond acceptors (Lipinski definition) is 7. The highest BCUT2D eigenvalue weighted by molar-refractivity contribution is 5.20. The molecule has 2 heterocycles. The minimum absolute atomic E-state index is 0.0251. The van der Waals surface area contributed by atoms with Gasteiger partial charge < -0.3 is 24.4 Å². The molecule has 3 rings (SSSR count). The predicted octanol–water partition coefficient (Wildman–Crippen LogP) is 0.788. The Kier molecular flexibility index (Phi) is 5.27. The molecule has 1 aromatic carbocycles. The number of nitrogens with zero attached hydrogens (tertiary/aromatic N) is 1. The van der Waals surface area contributed by atoms with Crippen molar-refractivity contribution in [3.63, 3.8) is 0 Å². The van der Waals surface area contributed by atoms with Crippen molar-refractivity contribution < 1.29 is 24.1 Å². The first-order valence-corrected chi connectivity index (χ1v) is 7.69. The first-order chi connectivity index (χ1) is 11.2. The van der Waals surface area contributed by atoms with Crippen LogP contribution in [0.15, 0.2) is 30.3 Å². The normalized spacial score (nSPS) is 29.2. The second-order valence-electron chi connectivity index (χ2n) is 5.54. The molecule has 1 N–H and O–H groups in total. The summed E-state index contributed by atoms with van der Waals surface area (Å²) in [4.78, 5) is 15.0. The van der Waals surface area contributed by atoms with Gasteiger partial charge in [0.1, 0.15) is 18.0 Å². The lowest BCUT2D eigenvalue weighted by Gasteiger charge is -2.17. The topological polar surface area (TPSA) is 92.1 Å². The van der Waals surface area contributed by atoms with E-state index in [-0.39, 0.29) is 24.9 Å². The van der Waals surface area contributed by atoms with Crippen LogP contribution in [0, 0.1) is 10.1 Å². The van der Waals surface area contributed by atoms with Gasteiger partial charge in [0.15, 0.2) is 6.10 Å². The molecule has 0 radical (unpaired) electrons. The summed E-state index contributed by atoms with van der Waals surface area (Å²) in [6.07, 6.45) is -0.367. The van der Waals surface area contributed by atoms with Crippen LogP contribution in [0.2, 0.25) is 0 Å². The Labute approximate surface area is 133 Å². The number of benzene rings is 1. The van der Waals surface area contributed by atoms with Crippen LogP contribution in [0.4, 0.5) is 0 Å². The van der Waals surface area contributed by atoms with Crippen molar-refractivity contribution in [1.82, 2.24) is 5.32 Å². The van der Waals surface area contributed by atoms with Crippen molar-refractivity contribution in [3.8, 4) is 5.75 Å². The second-order valence-corrected chi connectivity index (χ2v) is 5.54. The van der Waals surface area contributed by atoms with Gasteiger partial charge in [-0.05, 0) is 25.1 Å². The average Bonchev–Trinajstić information content (AvgIpc) is 3.11. The predicted molar refractivity (Wildman–Crippen MR) is 79.7 cm³/mol. The highest BCUT2D eigenvalue weighted by Crippen LogP contribution is 2.28. The van der Waals surface area contributed by atoms with Crippen LogP contribution in [0.1, 0.15) is 6.42 Å². The van der Waals surface area contributed by atoms with Gasteiger partial charge >= 0.3 is 0 Å². The van der Waals surface area contributed by atoms with Crippen LogP contribution in [-0.2, 0) is 14.3 Å². The highest BCUT2D eigenvalue weighted by atomic mass is 17.0. The summed E-state index contributed by atoms with van der Waals surface area (Å²) in [5, 5.41) is 13.0. The fraction of sp³-hybridized carbons (Fsp3) is 0.600. The summed E-state index contributed by atoms with van der Waals surface area (Å²) in [7, 11) is 0. The van der Waals surface area contributed by atoms with E-state index in [9.17, 15) is 10.1 Å². The van der Waals surface area contributed by atoms with E-state index in [1.165, 1.54) is 0 Å². The average molecular weight is 324 g/mol. The van der Waals surface area contributed by atoms with Crippen LogP contribution in [-0.4, -0.2) is 55.8 Å². The molecule has 8 heteroatoms. The quantitative estimate of drug-likeness (QED) is 0.429. The van der Waals surface area contributed by atoms with Gasteiger partial charge in [0, 0.05) is 0 Å². The minimum Gasteiger partial charge on any atom is -0.494 e. The molecule has 0 aromatic heterocycles. The van der Waals surface area contributed by atoms with E-state index in [1.54, 1.807) is 0 Å². The van der Waals surface area contributed by atoms with E-state index in [2.05, 4.69) is 10.2 Å². The zero-order valence-electron chi connectivity index (χ0n) is 12.6. The number of hydrogen-bond donors (Lipinski definition) is 1. The molecule has 0 aliphatic carbocycles. The van der Waals surface area contributed by atoms with Crippen LogP contribution in [0.3, 0.4) is 0 Å². The van der Waals surface area contributed by atoms with Gasteiger partial charge in [0.2, 0.25) is 0 Å². The van der Waals surface area contributed by atoms with Gasteiger partial charge in [-0.2, -0.15) is 0 Å². The summed E-state index contributed by atoms with van der Waals surface area (Å²) in [6, 6.07) is 9.68. The number of fused-ring (bicyclic) bond motifs is 1. The molecule has 1 aromatic rings. The summed E-state index contributed by atoms with van der Waals surface area (Å²) in [5.41, 5.74) is 0. The zero-order valence-corrected chi connectivity index (χ0v) is 12.6. The van der Waals surface area contributed by atoms with Gasteiger partial charge in [-0.25, -0.2) is 0 Å². The third-order valence-corrected chi connectivity index (χ3v) is 3.97. The van der Waals surface area contributed by atoms with Crippen LogP contribution in [0.5, 0.6) is 5.75 Å². The molecular formula is C15H20N2O6. The summed E-state index contributed by atoms with van der Waals surface area (Å²) >= 11 is 0. The second kappa shape index (κ2) is 7.58. The van der Waals surface area contributed by atoms with Crippen molar-refractivity contribution in [2.45, 2.75) is 30.8 Å². The first kappa shape index (κ1) is 16.0. The van der Waals surface area contributed by atoms with Crippen LogP contribution >= 0.6 is 0 Å². The zero-order chi connectivity index (χ0) is 16.1. The van der Waals surface area contributed by atoms with Gasteiger partial charge in [-0.15, -0.1) is 10.1 Å². The van der Waals surface area contributed by atoms with E-state index in [4.69, 9.17) is 14.2 Å². The van der Waals surface area contributed by atoms with E-state index < -0.39 is 11.2 Å². The van der Waals surface area contributed by atoms with Crippen LogP contribution in [0.25, 0.3) is 0 Å². The Balaban J connectivity index is 1.35. The highest BCUT2D eigenvalue weighted by Gasteiger charge is 2.49. The lowest BCUT2D eigenvalue weighted by Crippen LogP contribution is -2.42. The van der Waals surface area contributed by atoms with E-state index >= 15 is 0 Å². The molecule has 2 fully saturated rings. The molecule has 0 saturated carbocycles. The van der Waals surface area contributed by atoms with Crippen molar-refractivity contribution >= 4 is 0 Å². The Bertz CT molecular complexity index is 514. The smallest absolute Gasteiger partial charge is 0.294 e. The molecule has 23 heavy (non-hydrogen) atoms. The molecule has 0 amide bonds. The Hall–Kier alpha value is -1.90. The molecule has 4 atom stereocenters. The largest absolute Gasteiger partial charge is 0.494 e.